The number of hydrogen-bond donors (Lipinski definition) is 2. The average Bonchev–Trinajstić information content (AvgIpc) is 2.36. The standard InChI is InChI=1S/C13H18BrNO3/c1-9(4-3-7-16)15-13(17)11-8-10(14)5-6-12(11)18-2/h5-6,8-9,16H,3-4,7H2,1-2H3,(H,15,17). The molecule has 0 heterocycles. The topological polar surface area (TPSA) is 58.6 Å². The Morgan fingerprint density at radius 1 is 1.56 bits per heavy atom. The maximum atomic E-state index is 12.1. The molecule has 1 aromatic rings. The normalized spacial score (nSPS) is 12.0. The van der Waals surface area contributed by atoms with E-state index in [9.17, 15) is 4.79 Å². The number of ether oxygens (including phenoxy) is 1. The molecule has 0 aliphatic carbocycles. The summed E-state index contributed by atoms with van der Waals surface area (Å²) in [6, 6.07) is 5.32. The molecule has 4 nitrogen and oxygen atoms in total. The van der Waals surface area contributed by atoms with Crippen LogP contribution in [0.5, 0.6) is 5.75 Å². The SMILES string of the molecule is COc1ccc(Br)cc1C(=O)NC(C)CCCO. The Hall–Kier alpha value is -1.07. The Morgan fingerprint density at radius 2 is 2.28 bits per heavy atom. The smallest absolute Gasteiger partial charge is 0.255 e. The van der Waals surface area contributed by atoms with Crippen molar-refractivity contribution in [3.8, 4) is 5.75 Å². The number of hydrogen-bond acceptors (Lipinski definition) is 3. The molecule has 18 heavy (non-hydrogen) atoms. The first kappa shape index (κ1) is 15.0. The first-order valence-corrected chi connectivity index (χ1v) is 6.63. The zero-order valence-corrected chi connectivity index (χ0v) is 12.2. The van der Waals surface area contributed by atoms with Crippen LogP contribution in [0.1, 0.15) is 30.1 Å². The van der Waals surface area contributed by atoms with Crippen LogP contribution in [0.4, 0.5) is 0 Å². The summed E-state index contributed by atoms with van der Waals surface area (Å²) in [5.41, 5.74) is 0.503. The van der Waals surface area contributed by atoms with Crippen molar-refractivity contribution < 1.29 is 14.6 Å². The molecule has 0 bridgehead atoms. The molecule has 1 rings (SSSR count). The summed E-state index contributed by atoms with van der Waals surface area (Å²) in [4.78, 5) is 12.1. The Balaban J connectivity index is 2.74. The van der Waals surface area contributed by atoms with Crippen molar-refractivity contribution in [3.63, 3.8) is 0 Å². The summed E-state index contributed by atoms with van der Waals surface area (Å²) in [5.74, 6) is 0.378. The van der Waals surface area contributed by atoms with Gasteiger partial charge in [-0.25, -0.2) is 0 Å². The van der Waals surface area contributed by atoms with Gasteiger partial charge in [-0.05, 0) is 38.0 Å². The van der Waals surface area contributed by atoms with E-state index in [-0.39, 0.29) is 18.6 Å². The van der Waals surface area contributed by atoms with Gasteiger partial charge >= 0.3 is 0 Å². The molecule has 1 unspecified atom stereocenters. The minimum atomic E-state index is -0.168. The summed E-state index contributed by atoms with van der Waals surface area (Å²) >= 11 is 3.33. The van der Waals surface area contributed by atoms with Crippen LogP contribution in [0, 0.1) is 0 Å². The highest BCUT2D eigenvalue weighted by atomic mass is 79.9. The molecular formula is C13H18BrNO3. The van der Waals surface area contributed by atoms with Crippen LogP contribution in [0.15, 0.2) is 22.7 Å². The molecular weight excluding hydrogens is 298 g/mol. The van der Waals surface area contributed by atoms with Crippen LogP contribution < -0.4 is 10.1 Å². The second-order valence-electron chi connectivity index (χ2n) is 4.08. The summed E-state index contributed by atoms with van der Waals surface area (Å²) in [6.07, 6.45) is 1.43. The van der Waals surface area contributed by atoms with Crippen molar-refractivity contribution in [2.45, 2.75) is 25.8 Å². The highest BCUT2D eigenvalue weighted by Crippen LogP contribution is 2.23. The van der Waals surface area contributed by atoms with Gasteiger partial charge in [-0.2, -0.15) is 0 Å². The third kappa shape index (κ3) is 4.31. The fourth-order valence-electron chi connectivity index (χ4n) is 1.63. The van der Waals surface area contributed by atoms with E-state index in [1.54, 1.807) is 12.1 Å². The number of rotatable bonds is 6. The Labute approximate surface area is 115 Å². The summed E-state index contributed by atoms with van der Waals surface area (Å²) < 4.78 is 5.99. The Morgan fingerprint density at radius 3 is 2.89 bits per heavy atom. The van der Waals surface area contributed by atoms with E-state index >= 15 is 0 Å². The van der Waals surface area contributed by atoms with E-state index in [0.29, 0.717) is 17.7 Å². The van der Waals surface area contributed by atoms with E-state index in [1.165, 1.54) is 7.11 Å². The fourth-order valence-corrected chi connectivity index (χ4v) is 1.99. The fraction of sp³-hybridized carbons (Fsp3) is 0.462. The molecule has 1 aromatic carbocycles. The van der Waals surface area contributed by atoms with Gasteiger partial charge in [-0.1, -0.05) is 15.9 Å². The first-order valence-electron chi connectivity index (χ1n) is 5.83. The van der Waals surface area contributed by atoms with Gasteiger partial charge in [0.1, 0.15) is 5.75 Å². The Bertz CT molecular complexity index is 409. The number of methoxy groups -OCH3 is 1. The van der Waals surface area contributed by atoms with E-state index in [2.05, 4.69) is 21.2 Å². The number of aliphatic hydroxyl groups excluding tert-OH is 1. The summed E-state index contributed by atoms with van der Waals surface area (Å²) in [5, 5.41) is 11.6. The summed E-state index contributed by atoms with van der Waals surface area (Å²) in [7, 11) is 1.54. The monoisotopic (exact) mass is 315 g/mol. The lowest BCUT2D eigenvalue weighted by atomic mass is 10.1. The van der Waals surface area contributed by atoms with E-state index in [1.807, 2.05) is 13.0 Å². The lowest BCUT2D eigenvalue weighted by Crippen LogP contribution is -2.32. The molecule has 100 valence electrons. The van der Waals surface area contributed by atoms with Crippen LogP contribution in [0.25, 0.3) is 0 Å². The molecule has 2 N–H and O–H groups in total. The Kier molecular flexibility index (Phi) is 6.15. The predicted octanol–water partition coefficient (Wildman–Crippen LogP) is 2.35. The maximum Gasteiger partial charge on any atom is 0.255 e. The lowest BCUT2D eigenvalue weighted by molar-refractivity contribution is 0.0933. The van der Waals surface area contributed by atoms with Gasteiger partial charge in [-0.3, -0.25) is 4.79 Å². The third-order valence-electron chi connectivity index (χ3n) is 2.58. The number of carbonyl (C=O) groups excluding carboxylic acids is 1. The number of nitrogens with one attached hydrogen (secondary N) is 1. The van der Waals surface area contributed by atoms with Crippen molar-refractivity contribution in [1.29, 1.82) is 0 Å². The van der Waals surface area contributed by atoms with Gasteiger partial charge in [0.15, 0.2) is 0 Å². The molecule has 0 saturated carbocycles. The quantitative estimate of drug-likeness (QED) is 0.847. The predicted molar refractivity (Wildman–Crippen MR) is 73.9 cm³/mol. The zero-order chi connectivity index (χ0) is 13.5. The van der Waals surface area contributed by atoms with Gasteiger partial charge in [0.25, 0.3) is 5.91 Å². The number of benzene rings is 1. The van der Waals surface area contributed by atoms with Crippen molar-refractivity contribution in [2.75, 3.05) is 13.7 Å². The minimum absolute atomic E-state index is 0.0216. The lowest BCUT2D eigenvalue weighted by Gasteiger charge is -2.15. The first-order chi connectivity index (χ1) is 8.58. The van der Waals surface area contributed by atoms with E-state index < -0.39 is 0 Å². The molecule has 0 spiro atoms. The third-order valence-corrected chi connectivity index (χ3v) is 3.07. The molecule has 0 aliphatic rings. The molecule has 1 amide bonds. The van der Waals surface area contributed by atoms with Crippen LogP contribution in [-0.4, -0.2) is 30.8 Å². The second kappa shape index (κ2) is 7.38. The molecule has 0 aromatic heterocycles. The molecule has 0 radical (unpaired) electrons. The van der Waals surface area contributed by atoms with Crippen molar-refractivity contribution >= 4 is 21.8 Å². The molecule has 5 heteroatoms. The van der Waals surface area contributed by atoms with Crippen molar-refractivity contribution in [3.05, 3.63) is 28.2 Å². The second-order valence-corrected chi connectivity index (χ2v) is 5.00. The molecule has 0 aliphatic heterocycles. The number of amides is 1. The van der Waals surface area contributed by atoms with Crippen molar-refractivity contribution in [1.82, 2.24) is 5.32 Å². The number of aliphatic hydroxyl groups is 1. The number of carbonyl (C=O) groups is 1. The van der Waals surface area contributed by atoms with Gasteiger partial charge in [0.05, 0.1) is 12.7 Å². The highest BCUT2D eigenvalue weighted by molar-refractivity contribution is 9.10. The van der Waals surface area contributed by atoms with Gasteiger partial charge < -0.3 is 15.2 Å². The minimum Gasteiger partial charge on any atom is -0.496 e. The summed E-state index contributed by atoms with van der Waals surface area (Å²) in [6.45, 7) is 2.05. The number of halogens is 1. The van der Waals surface area contributed by atoms with Gasteiger partial charge in [0.2, 0.25) is 0 Å². The zero-order valence-electron chi connectivity index (χ0n) is 10.6. The van der Waals surface area contributed by atoms with Gasteiger partial charge in [0, 0.05) is 17.1 Å². The van der Waals surface area contributed by atoms with Gasteiger partial charge in [-0.15, -0.1) is 0 Å². The average molecular weight is 316 g/mol. The van der Waals surface area contributed by atoms with E-state index in [4.69, 9.17) is 9.84 Å². The molecule has 0 fully saturated rings. The van der Waals surface area contributed by atoms with Crippen LogP contribution in [0.2, 0.25) is 0 Å². The van der Waals surface area contributed by atoms with Crippen LogP contribution >= 0.6 is 15.9 Å². The van der Waals surface area contributed by atoms with Crippen molar-refractivity contribution in [2.24, 2.45) is 0 Å². The largest absolute Gasteiger partial charge is 0.496 e. The van der Waals surface area contributed by atoms with E-state index in [0.717, 1.165) is 10.9 Å². The highest BCUT2D eigenvalue weighted by Gasteiger charge is 2.14. The van der Waals surface area contributed by atoms with Crippen LogP contribution in [0.3, 0.4) is 0 Å². The maximum absolute atomic E-state index is 12.1. The molecule has 1 atom stereocenters. The van der Waals surface area contributed by atoms with Crippen LogP contribution in [-0.2, 0) is 0 Å². The molecule has 0 saturated heterocycles.